The van der Waals surface area contributed by atoms with Crippen molar-refractivity contribution in [3.05, 3.63) is 47.3 Å². The zero-order valence-electron chi connectivity index (χ0n) is 9.18. The van der Waals surface area contributed by atoms with Crippen LogP contribution in [0, 0.1) is 12.7 Å². The average Bonchev–Trinajstić information content (AvgIpc) is 2.57. The lowest BCUT2D eigenvalue weighted by molar-refractivity contribution is 0.616. The molecule has 2 heterocycles. The van der Waals surface area contributed by atoms with Crippen molar-refractivity contribution in [1.82, 2.24) is 14.8 Å². The summed E-state index contributed by atoms with van der Waals surface area (Å²) >= 11 is 0. The molecule has 0 aromatic carbocycles. The highest BCUT2D eigenvalue weighted by Crippen LogP contribution is 2.21. The van der Waals surface area contributed by atoms with Crippen molar-refractivity contribution in [2.45, 2.75) is 13.0 Å². The van der Waals surface area contributed by atoms with E-state index in [4.69, 9.17) is 5.73 Å². The van der Waals surface area contributed by atoms with E-state index in [1.165, 1.54) is 6.07 Å². The third kappa shape index (κ3) is 1.94. The van der Waals surface area contributed by atoms with E-state index < -0.39 is 6.04 Å². The SMILES string of the molecule is Cc1nn(C)cc1C(N)c1cncc(F)c1. The van der Waals surface area contributed by atoms with Gasteiger partial charge in [-0.15, -0.1) is 0 Å². The smallest absolute Gasteiger partial charge is 0.141 e. The maximum absolute atomic E-state index is 13.0. The summed E-state index contributed by atoms with van der Waals surface area (Å²) in [5, 5.41) is 4.20. The van der Waals surface area contributed by atoms with Crippen LogP contribution >= 0.6 is 0 Å². The van der Waals surface area contributed by atoms with Crippen molar-refractivity contribution in [2.75, 3.05) is 0 Å². The predicted molar refractivity (Wildman–Crippen MR) is 58.2 cm³/mol. The van der Waals surface area contributed by atoms with E-state index in [0.29, 0.717) is 5.56 Å². The quantitative estimate of drug-likeness (QED) is 0.830. The normalized spacial score (nSPS) is 12.8. The molecule has 2 rings (SSSR count). The zero-order chi connectivity index (χ0) is 11.7. The summed E-state index contributed by atoms with van der Waals surface area (Å²) in [5.41, 5.74) is 8.42. The van der Waals surface area contributed by atoms with E-state index in [1.807, 2.05) is 20.2 Å². The van der Waals surface area contributed by atoms with Crippen molar-refractivity contribution in [3.63, 3.8) is 0 Å². The van der Waals surface area contributed by atoms with Gasteiger partial charge in [-0.2, -0.15) is 5.10 Å². The van der Waals surface area contributed by atoms with Crippen molar-refractivity contribution in [1.29, 1.82) is 0 Å². The fourth-order valence-electron chi connectivity index (χ4n) is 1.70. The minimum atomic E-state index is -0.392. The van der Waals surface area contributed by atoms with E-state index in [2.05, 4.69) is 10.1 Å². The van der Waals surface area contributed by atoms with Gasteiger partial charge in [-0.25, -0.2) is 4.39 Å². The highest BCUT2D eigenvalue weighted by molar-refractivity contribution is 5.30. The molecule has 0 saturated carbocycles. The van der Waals surface area contributed by atoms with E-state index in [9.17, 15) is 4.39 Å². The lowest BCUT2D eigenvalue weighted by Gasteiger charge is -2.10. The Morgan fingerprint density at radius 3 is 2.75 bits per heavy atom. The number of nitrogens with two attached hydrogens (primary N) is 1. The number of rotatable bonds is 2. The maximum atomic E-state index is 13.0. The number of hydrogen-bond acceptors (Lipinski definition) is 3. The number of aryl methyl sites for hydroxylation is 2. The molecule has 0 aliphatic carbocycles. The second kappa shape index (κ2) is 4.02. The van der Waals surface area contributed by atoms with Crippen LogP contribution in [0.1, 0.15) is 22.9 Å². The van der Waals surface area contributed by atoms with Crippen LogP contribution in [0.5, 0.6) is 0 Å². The molecule has 16 heavy (non-hydrogen) atoms. The highest BCUT2D eigenvalue weighted by atomic mass is 19.1. The molecule has 2 aromatic rings. The molecular weight excluding hydrogens is 207 g/mol. The molecule has 0 bridgehead atoms. The van der Waals surface area contributed by atoms with Crippen molar-refractivity contribution in [2.24, 2.45) is 12.8 Å². The van der Waals surface area contributed by atoms with Gasteiger partial charge in [0.15, 0.2) is 0 Å². The van der Waals surface area contributed by atoms with Crippen molar-refractivity contribution in [3.8, 4) is 0 Å². The van der Waals surface area contributed by atoms with Gasteiger partial charge in [-0.3, -0.25) is 9.67 Å². The minimum absolute atomic E-state index is 0.380. The maximum Gasteiger partial charge on any atom is 0.141 e. The second-order valence-electron chi connectivity index (χ2n) is 3.76. The molecule has 4 nitrogen and oxygen atoms in total. The first-order valence-electron chi connectivity index (χ1n) is 4.94. The Hall–Kier alpha value is -1.75. The van der Waals surface area contributed by atoms with Gasteiger partial charge in [0.1, 0.15) is 5.82 Å². The number of pyridine rings is 1. The van der Waals surface area contributed by atoms with Crippen LogP contribution in [0.2, 0.25) is 0 Å². The van der Waals surface area contributed by atoms with Gasteiger partial charge in [0.25, 0.3) is 0 Å². The Morgan fingerprint density at radius 1 is 1.44 bits per heavy atom. The Morgan fingerprint density at radius 2 is 2.19 bits per heavy atom. The number of nitrogens with zero attached hydrogens (tertiary/aromatic N) is 3. The molecule has 1 unspecified atom stereocenters. The molecule has 2 N–H and O–H groups in total. The molecule has 0 amide bonds. The lowest BCUT2D eigenvalue weighted by atomic mass is 10.0. The zero-order valence-corrected chi connectivity index (χ0v) is 9.18. The summed E-state index contributed by atoms with van der Waals surface area (Å²) in [5.74, 6) is -0.380. The summed E-state index contributed by atoms with van der Waals surface area (Å²) < 4.78 is 14.7. The molecule has 0 saturated heterocycles. The van der Waals surface area contributed by atoms with Gasteiger partial charge < -0.3 is 5.73 Å². The topological polar surface area (TPSA) is 56.7 Å². The van der Waals surface area contributed by atoms with Gasteiger partial charge >= 0.3 is 0 Å². The first kappa shape index (κ1) is 10.8. The Kier molecular flexibility index (Phi) is 2.70. The predicted octanol–water partition coefficient (Wildman–Crippen LogP) is 1.31. The molecule has 5 heteroatoms. The van der Waals surface area contributed by atoms with Crippen LogP contribution in [0.15, 0.2) is 24.7 Å². The van der Waals surface area contributed by atoms with Crippen LogP contribution in [0.3, 0.4) is 0 Å². The monoisotopic (exact) mass is 220 g/mol. The van der Waals surface area contributed by atoms with Crippen LogP contribution in [0.4, 0.5) is 4.39 Å². The summed E-state index contributed by atoms with van der Waals surface area (Å²) in [4.78, 5) is 3.79. The Labute approximate surface area is 92.9 Å². The average molecular weight is 220 g/mol. The van der Waals surface area contributed by atoms with Crippen LogP contribution in [-0.2, 0) is 7.05 Å². The molecular formula is C11H13FN4. The number of halogens is 1. The molecule has 84 valence electrons. The Bertz CT molecular complexity index is 506. The fraction of sp³-hybridized carbons (Fsp3) is 0.273. The van der Waals surface area contributed by atoms with E-state index in [1.54, 1.807) is 10.9 Å². The summed E-state index contributed by atoms with van der Waals surface area (Å²) in [7, 11) is 1.83. The first-order valence-corrected chi connectivity index (χ1v) is 4.94. The third-order valence-electron chi connectivity index (χ3n) is 2.47. The van der Waals surface area contributed by atoms with E-state index in [-0.39, 0.29) is 5.82 Å². The van der Waals surface area contributed by atoms with Gasteiger partial charge in [-0.05, 0) is 18.6 Å². The van der Waals surface area contributed by atoms with Crippen LogP contribution < -0.4 is 5.73 Å². The van der Waals surface area contributed by atoms with E-state index >= 15 is 0 Å². The summed E-state index contributed by atoms with van der Waals surface area (Å²) in [6.45, 7) is 1.88. The highest BCUT2D eigenvalue weighted by Gasteiger charge is 2.15. The summed E-state index contributed by atoms with van der Waals surface area (Å²) in [6.07, 6.45) is 4.57. The van der Waals surface area contributed by atoms with Crippen LogP contribution in [-0.4, -0.2) is 14.8 Å². The molecule has 0 radical (unpaired) electrons. The van der Waals surface area contributed by atoms with Crippen LogP contribution in [0.25, 0.3) is 0 Å². The molecule has 2 aromatic heterocycles. The van der Waals surface area contributed by atoms with Crippen molar-refractivity contribution < 1.29 is 4.39 Å². The Balaban J connectivity index is 2.38. The third-order valence-corrected chi connectivity index (χ3v) is 2.47. The molecule has 1 atom stereocenters. The fourth-order valence-corrected chi connectivity index (χ4v) is 1.70. The first-order chi connectivity index (χ1) is 7.58. The largest absolute Gasteiger partial charge is 0.320 e. The standard InChI is InChI=1S/C11H13FN4/c1-7-10(6-16(2)15-7)11(13)8-3-9(12)5-14-4-8/h3-6,11H,13H2,1-2H3. The van der Waals surface area contributed by atoms with Crippen molar-refractivity contribution >= 4 is 0 Å². The molecule has 0 fully saturated rings. The second-order valence-corrected chi connectivity index (χ2v) is 3.76. The summed E-state index contributed by atoms with van der Waals surface area (Å²) in [6, 6.07) is 1.00. The molecule has 0 aliphatic rings. The number of aromatic nitrogens is 3. The van der Waals surface area contributed by atoms with Gasteiger partial charge in [0, 0.05) is 25.0 Å². The minimum Gasteiger partial charge on any atom is -0.320 e. The number of hydrogen-bond donors (Lipinski definition) is 1. The van der Waals surface area contributed by atoms with Gasteiger partial charge in [-0.1, -0.05) is 0 Å². The lowest BCUT2D eigenvalue weighted by Crippen LogP contribution is -2.12. The van der Waals surface area contributed by atoms with Gasteiger partial charge in [0.2, 0.25) is 0 Å². The van der Waals surface area contributed by atoms with Gasteiger partial charge in [0.05, 0.1) is 17.9 Å². The molecule has 0 spiro atoms. The van der Waals surface area contributed by atoms with E-state index in [0.717, 1.165) is 17.5 Å². The molecule has 0 aliphatic heterocycles.